The van der Waals surface area contributed by atoms with Gasteiger partial charge in [-0.25, -0.2) is 0 Å². The molecule has 0 radical (unpaired) electrons. The maximum absolute atomic E-state index is 7.23. The van der Waals surface area contributed by atoms with E-state index in [1.807, 2.05) is 0 Å². The van der Waals surface area contributed by atoms with Crippen molar-refractivity contribution in [1.29, 1.82) is 0 Å². The van der Waals surface area contributed by atoms with Crippen molar-refractivity contribution in [3.8, 4) is 11.4 Å². The van der Waals surface area contributed by atoms with Crippen LogP contribution in [0.4, 0.5) is 0 Å². The quantitative estimate of drug-likeness (QED) is 0.144. The van der Waals surface area contributed by atoms with Crippen LogP contribution in [0.25, 0.3) is 55.8 Å². The zero-order valence-corrected chi connectivity index (χ0v) is 27.2. The van der Waals surface area contributed by atoms with Crippen LogP contribution in [0.3, 0.4) is 0 Å². The summed E-state index contributed by atoms with van der Waals surface area (Å²) in [5.74, 6) is 0. The fraction of sp³-hybridized carbons (Fsp3) is 0.0667. The van der Waals surface area contributed by atoms with Crippen LogP contribution in [0.15, 0.2) is 148 Å². The Morgan fingerprint density at radius 2 is 0.940 bits per heavy atom. The smallest absolute Gasteiger partial charge is 0.251 e. The van der Waals surface area contributed by atoms with Crippen LogP contribution >= 0.6 is 0 Å². The number of rotatable bonds is 3. The molecule has 2 aromatic heterocycles. The van der Waals surface area contributed by atoms with Crippen LogP contribution in [-0.2, 0) is 19.3 Å². The second-order valence-corrected chi connectivity index (χ2v) is 14.1. The number of aromatic nitrogens is 2. The van der Waals surface area contributed by atoms with Crippen molar-refractivity contribution >= 4 is 67.5 Å². The highest BCUT2D eigenvalue weighted by Gasteiger charge is 2.34. The van der Waals surface area contributed by atoms with Gasteiger partial charge in [-0.2, -0.15) is 0 Å². The Hall–Kier alpha value is -6.20. The van der Waals surface area contributed by atoms with Crippen LogP contribution in [-0.4, -0.2) is 15.8 Å². The summed E-state index contributed by atoms with van der Waals surface area (Å²) in [6.07, 6.45) is 2.60. The van der Waals surface area contributed by atoms with E-state index in [0.717, 1.165) is 69.1 Å². The van der Waals surface area contributed by atoms with Gasteiger partial charge in [-0.05, 0) is 70.1 Å². The Balaban J connectivity index is 1.39. The molecule has 0 amide bonds. The van der Waals surface area contributed by atoms with E-state index >= 15 is 0 Å². The number of hydrogen-bond donors (Lipinski definition) is 0. The van der Waals surface area contributed by atoms with Gasteiger partial charge in [0, 0.05) is 18.3 Å². The summed E-state index contributed by atoms with van der Waals surface area (Å²) in [6, 6.07) is 51.2. The van der Waals surface area contributed by atoms with Gasteiger partial charge in [-0.15, -0.1) is 0 Å². The van der Waals surface area contributed by atoms with Gasteiger partial charge < -0.3 is 18.0 Å². The minimum absolute atomic E-state index is 0.158. The molecule has 234 valence electrons. The summed E-state index contributed by atoms with van der Waals surface area (Å²) in [7, 11) is 0. The normalized spacial score (nSPS) is 13.4. The van der Waals surface area contributed by atoms with Crippen molar-refractivity contribution in [2.45, 2.75) is 19.3 Å². The minimum atomic E-state index is -0.158. The molecule has 12 rings (SSSR count). The summed E-state index contributed by atoms with van der Waals surface area (Å²) >= 11 is 0. The Morgan fingerprint density at radius 1 is 0.440 bits per heavy atom. The van der Waals surface area contributed by atoms with E-state index in [-0.39, 0.29) is 6.71 Å². The molecule has 6 bridgehead atoms. The van der Waals surface area contributed by atoms with Crippen LogP contribution < -0.4 is 16.4 Å². The molecule has 0 fully saturated rings. The van der Waals surface area contributed by atoms with Gasteiger partial charge in [0.05, 0.1) is 33.4 Å². The first-order valence-electron chi connectivity index (χ1n) is 17.5. The molecular weight excluding hydrogens is 611 g/mol. The third-order valence-corrected chi connectivity index (χ3v) is 11.3. The molecule has 0 saturated heterocycles. The highest BCUT2D eigenvalue weighted by molar-refractivity contribution is 6.98. The van der Waals surface area contributed by atoms with Gasteiger partial charge in [0.1, 0.15) is 0 Å². The average Bonchev–Trinajstić information content (AvgIpc) is 3.15. The van der Waals surface area contributed by atoms with Gasteiger partial charge >= 0.3 is 0 Å². The summed E-state index contributed by atoms with van der Waals surface area (Å²) in [5, 5.41) is 0. The van der Waals surface area contributed by atoms with Crippen LogP contribution in [0.2, 0.25) is 0 Å². The molecule has 0 unspecified atom stereocenters. The van der Waals surface area contributed by atoms with Crippen molar-refractivity contribution in [2.24, 2.45) is 0 Å². The van der Waals surface area contributed by atoms with Gasteiger partial charge in [0.15, 0.2) is 22.3 Å². The molecule has 50 heavy (non-hydrogen) atoms. The van der Waals surface area contributed by atoms with Crippen molar-refractivity contribution in [2.75, 3.05) is 0 Å². The molecule has 3 aliphatic rings. The number of fused-ring (bicyclic) bond motifs is 2. The second-order valence-electron chi connectivity index (χ2n) is 14.1. The Kier molecular flexibility index (Phi) is 5.19. The number of hydrogen-bond acceptors (Lipinski definition) is 2. The summed E-state index contributed by atoms with van der Waals surface area (Å²) in [4.78, 5) is 0. The lowest BCUT2D eigenvalue weighted by atomic mass is 9.36. The molecule has 3 aliphatic heterocycles. The molecule has 5 heteroatoms. The second kappa shape index (κ2) is 9.70. The van der Waals surface area contributed by atoms with Crippen molar-refractivity contribution < 1.29 is 8.83 Å². The van der Waals surface area contributed by atoms with Crippen molar-refractivity contribution in [3.05, 3.63) is 173 Å². The Bertz CT molecular complexity index is 2760. The molecule has 5 heterocycles. The number of para-hydroxylation sites is 2. The summed E-state index contributed by atoms with van der Waals surface area (Å²) in [5.41, 5.74) is 21.5. The topological polar surface area (TPSA) is 36.1 Å². The first-order valence-corrected chi connectivity index (χ1v) is 17.5. The minimum Gasteiger partial charge on any atom is -0.453 e. The first kappa shape index (κ1) is 26.7. The number of benzene rings is 7. The first-order chi connectivity index (χ1) is 24.8. The SMILES string of the molecule is c1ccc(B(c2ccccc2)c2c3oc4cccc5c4n4c3cc3c2oc2cccc6c2n3-c2cc(ccc2C6)Cc2ccc(c-4c2)C5)cc1. The Morgan fingerprint density at radius 3 is 1.44 bits per heavy atom. The summed E-state index contributed by atoms with van der Waals surface area (Å²) < 4.78 is 19.4. The average molecular weight is 641 g/mol. The van der Waals surface area contributed by atoms with Gasteiger partial charge in [-0.1, -0.05) is 120 Å². The van der Waals surface area contributed by atoms with E-state index in [0.29, 0.717) is 0 Å². The lowest BCUT2D eigenvalue weighted by molar-refractivity contribution is 0.641. The maximum atomic E-state index is 7.23. The molecule has 9 aromatic rings. The van der Waals surface area contributed by atoms with Crippen molar-refractivity contribution in [1.82, 2.24) is 9.13 Å². The highest BCUT2D eigenvalue weighted by Crippen LogP contribution is 2.41. The third kappa shape index (κ3) is 3.56. The van der Waals surface area contributed by atoms with Crippen LogP contribution in [0.1, 0.15) is 33.4 Å². The molecule has 7 aromatic carbocycles. The zero-order chi connectivity index (χ0) is 32.5. The Labute approximate surface area is 288 Å². The molecule has 0 spiro atoms. The molecule has 0 atom stereocenters. The lowest BCUT2D eigenvalue weighted by Gasteiger charge is -2.30. The van der Waals surface area contributed by atoms with E-state index in [4.69, 9.17) is 8.83 Å². The van der Waals surface area contributed by atoms with E-state index in [9.17, 15) is 0 Å². The van der Waals surface area contributed by atoms with Gasteiger partial charge in [0.25, 0.3) is 6.71 Å². The zero-order valence-electron chi connectivity index (χ0n) is 27.2. The largest absolute Gasteiger partial charge is 0.453 e. The van der Waals surface area contributed by atoms with Gasteiger partial charge in [-0.3, -0.25) is 0 Å². The maximum Gasteiger partial charge on any atom is 0.251 e. The number of nitrogens with zero attached hydrogens (tertiary/aromatic N) is 2. The fourth-order valence-electron chi connectivity index (χ4n) is 9.12. The molecule has 0 N–H and O–H groups in total. The fourth-order valence-corrected chi connectivity index (χ4v) is 9.12. The van der Waals surface area contributed by atoms with Crippen LogP contribution in [0.5, 0.6) is 0 Å². The summed E-state index contributed by atoms with van der Waals surface area (Å²) in [6.45, 7) is -0.158. The molecule has 4 nitrogen and oxygen atoms in total. The highest BCUT2D eigenvalue weighted by atomic mass is 16.3. The standard InChI is InChI=1S/C45H29BN2O2/c1-3-11-33(12-4-1)46(34-13-5-2-6-14-34)41-44-37-26-38-45(41)50-40-16-8-10-32-25-30-20-18-28(23-36(30)48(38)43(32)40)21-27-17-19-29-24-31-9-7-15-39(49-44)42(31)47(37)35(29)22-27/h1-20,22-23,26H,21,24-25H2. The molecule has 0 saturated carbocycles. The van der Waals surface area contributed by atoms with Crippen LogP contribution in [0, 0.1) is 0 Å². The van der Waals surface area contributed by atoms with E-state index in [1.54, 1.807) is 0 Å². The molecular formula is C45H29BN2O2. The van der Waals surface area contributed by atoms with E-state index in [1.165, 1.54) is 55.7 Å². The lowest BCUT2D eigenvalue weighted by Crippen LogP contribution is -2.52. The molecule has 0 aliphatic carbocycles. The van der Waals surface area contributed by atoms with E-state index in [2.05, 4.69) is 149 Å². The predicted molar refractivity (Wildman–Crippen MR) is 203 cm³/mol. The van der Waals surface area contributed by atoms with E-state index < -0.39 is 0 Å². The van der Waals surface area contributed by atoms with Crippen molar-refractivity contribution in [3.63, 3.8) is 0 Å². The predicted octanol–water partition coefficient (Wildman–Crippen LogP) is 8.42. The third-order valence-electron chi connectivity index (χ3n) is 11.3. The van der Waals surface area contributed by atoms with Gasteiger partial charge in [0.2, 0.25) is 0 Å². The monoisotopic (exact) mass is 640 g/mol.